The number of alkyl halides is 1. The molecule has 0 N–H and O–H groups in total. The zero-order chi connectivity index (χ0) is 8.70. The maximum Gasteiger partial charge on any atom is 0.316 e. The lowest BCUT2D eigenvalue weighted by molar-refractivity contribution is 0.119. The normalized spacial score (nSPS) is 43.5. The van der Waals surface area contributed by atoms with E-state index in [0.717, 1.165) is 0 Å². The summed E-state index contributed by atoms with van der Waals surface area (Å²) in [4.78, 5) is -2.69. The molecule has 0 spiro atoms. The molecule has 0 aliphatic carbocycles. The van der Waals surface area contributed by atoms with E-state index in [0.29, 0.717) is 0 Å². The number of rotatable bonds is 0. The van der Waals surface area contributed by atoms with E-state index in [1.54, 1.807) is 0 Å². The second-order valence-corrected chi connectivity index (χ2v) is 5.69. The van der Waals surface area contributed by atoms with E-state index in [-0.39, 0.29) is 0 Å². The number of halogens is 1. The zero-order valence-corrected chi connectivity index (χ0v) is 6.86. The number of hydrogen-bond donors (Lipinski definition) is 0. The highest BCUT2D eigenvalue weighted by molar-refractivity contribution is 8.09. The van der Waals surface area contributed by atoms with Crippen LogP contribution in [0.4, 0.5) is 4.39 Å². The number of hydrogen-bond acceptors (Lipinski definition) is 5. The maximum absolute atomic E-state index is 12.6. The van der Waals surface area contributed by atoms with Gasteiger partial charge in [0.1, 0.15) is 9.80 Å². The van der Waals surface area contributed by atoms with Crippen molar-refractivity contribution in [3.63, 3.8) is 0 Å². The largest absolute Gasteiger partial charge is 0.316 e. The molecule has 1 aliphatic rings. The van der Waals surface area contributed by atoms with Gasteiger partial charge in [0.25, 0.3) is 0 Å². The van der Waals surface area contributed by atoms with E-state index in [4.69, 9.17) is 0 Å². The minimum absolute atomic E-state index is 0.745. The fourth-order valence-electron chi connectivity index (χ4n) is 0.455. The van der Waals surface area contributed by atoms with Crippen LogP contribution in [0.3, 0.4) is 0 Å². The Bertz CT molecular complexity index is 306. The van der Waals surface area contributed by atoms with E-state index in [1.165, 1.54) is 0 Å². The van der Waals surface area contributed by atoms with Gasteiger partial charge in [0, 0.05) is 0 Å². The van der Waals surface area contributed by atoms with Gasteiger partial charge < -0.3 is 0 Å². The second kappa shape index (κ2) is 2.41. The molecular formula is C3H5FO5S2. The first kappa shape index (κ1) is 8.91. The Morgan fingerprint density at radius 2 is 1.91 bits per heavy atom. The molecule has 0 radical (unpaired) electrons. The Balaban J connectivity index is 3.15. The minimum atomic E-state index is -4.40. The smallest absolute Gasteiger partial charge is 0.265 e. The first-order valence-electron chi connectivity index (χ1n) is 2.39. The summed E-state index contributed by atoms with van der Waals surface area (Å²) in [6.07, 6.45) is 0. The van der Waals surface area contributed by atoms with Gasteiger partial charge in [-0.1, -0.05) is 0 Å². The van der Waals surface area contributed by atoms with E-state index < -0.39 is 31.5 Å². The van der Waals surface area contributed by atoms with Crippen molar-refractivity contribution in [2.24, 2.45) is 0 Å². The molecule has 8 heteroatoms. The van der Waals surface area contributed by atoms with Crippen molar-refractivity contribution in [1.29, 1.82) is 0 Å². The van der Waals surface area contributed by atoms with Crippen LogP contribution < -0.4 is 0 Å². The lowest BCUT2D eigenvalue weighted by Gasteiger charge is -2.19. The van der Waals surface area contributed by atoms with Crippen LogP contribution in [0.25, 0.3) is 0 Å². The summed E-state index contributed by atoms with van der Waals surface area (Å²) >= 11 is 0. The summed E-state index contributed by atoms with van der Waals surface area (Å²) in [5.74, 6) is 2.78. The molecule has 1 fully saturated rings. The molecule has 2 unspecified atom stereocenters. The molecule has 1 saturated heterocycles. The molecule has 1 heterocycles. The van der Waals surface area contributed by atoms with Gasteiger partial charge in [-0.2, -0.15) is 8.42 Å². The third kappa shape index (κ3) is 1.53. The summed E-state index contributed by atoms with van der Waals surface area (Å²) in [5, 5.41) is 0. The van der Waals surface area contributed by atoms with Crippen molar-refractivity contribution in [2.75, 3.05) is 6.79 Å². The molecule has 0 saturated carbocycles. The highest BCUT2D eigenvalue weighted by atomic mass is 32.3. The SMILES string of the molecule is C=S1(=O)OCOS(=O)(=O)C1F. The van der Waals surface area contributed by atoms with Gasteiger partial charge in [-0.3, -0.25) is 4.18 Å². The molecule has 5 nitrogen and oxygen atoms in total. The fourth-order valence-corrected chi connectivity index (χ4v) is 2.89. The Hall–Kier alpha value is -0.180. The topological polar surface area (TPSA) is 69.7 Å². The lowest BCUT2D eigenvalue weighted by atomic mass is 11.6. The van der Waals surface area contributed by atoms with Crippen LogP contribution in [0.5, 0.6) is 0 Å². The third-order valence-corrected chi connectivity index (χ3v) is 4.49. The predicted molar refractivity (Wildman–Crippen MR) is 36.1 cm³/mol. The average molecular weight is 204 g/mol. The first-order chi connectivity index (χ1) is 4.86. The predicted octanol–water partition coefficient (Wildman–Crippen LogP) is -0.795. The summed E-state index contributed by atoms with van der Waals surface area (Å²) in [7, 11) is -8.05. The van der Waals surface area contributed by atoms with Crippen molar-refractivity contribution >= 4 is 25.8 Å². The molecule has 1 aliphatic heterocycles. The quantitative estimate of drug-likeness (QED) is 0.382. The molecular weight excluding hydrogens is 199 g/mol. The molecule has 11 heavy (non-hydrogen) atoms. The van der Waals surface area contributed by atoms with E-state index in [9.17, 15) is 17.0 Å². The van der Waals surface area contributed by atoms with Crippen LogP contribution in [0.2, 0.25) is 0 Å². The maximum atomic E-state index is 12.6. The molecule has 0 aromatic rings. The van der Waals surface area contributed by atoms with Crippen LogP contribution in [-0.4, -0.2) is 30.1 Å². The Labute approximate surface area is 63.4 Å². The highest BCUT2D eigenvalue weighted by Crippen LogP contribution is 2.20. The highest BCUT2D eigenvalue weighted by Gasteiger charge is 2.39. The molecule has 2 atom stereocenters. The van der Waals surface area contributed by atoms with Crippen LogP contribution in [0.15, 0.2) is 0 Å². The van der Waals surface area contributed by atoms with Crippen LogP contribution in [0, 0.1) is 0 Å². The van der Waals surface area contributed by atoms with E-state index in [1.807, 2.05) is 0 Å². The molecule has 1 rings (SSSR count). The van der Waals surface area contributed by atoms with Crippen LogP contribution in [-0.2, 0) is 28.3 Å². The van der Waals surface area contributed by atoms with Crippen molar-refractivity contribution in [3.8, 4) is 0 Å². The third-order valence-electron chi connectivity index (χ3n) is 0.969. The monoisotopic (exact) mass is 204 g/mol. The van der Waals surface area contributed by atoms with Crippen molar-refractivity contribution in [1.82, 2.24) is 0 Å². The van der Waals surface area contributed by atoms with E-state index in [2.05, 4.69) is 14.2 Å². The molecule has 0 amide bonds. The zero-order valence-electron chi connectivity index (χ0n) is 5.23. The van der Waals surface area contributed by atoms with Gasteiger partial charge in [0.15, 0.2) is 6.79 Å². The fraction of sp³-hybridized carbons (Fsp3) is 0.667. The van der Waals surface area contributed by atoms with Gasteiger partial charge in [-0.25, -0.2) is 12.8 Å². The lowest BCUT2D eigenvalue weighted by Crippen LogP contribution is -2.35. The minimum Gasteiger partial charge on any atom is -0.265 e. The Morgan fingerprint density at radius 1 is 1.36 bits per heavy atom. The molecule has 0 bridgehead atoms. The average Bonchev–Trinajstić information content (AvgIpc) is 1.82. The van der Waals surface area contributed by atoms with Gasteiger partial charge in [-0.15, -0.1) is 0 Å². The van der Waals surface area contributed by atoms with Crippen LogP contribution in [0.1, 0.15) is 0 Å². The Morgan fingerprint density at radius 3 is 2.27 bits per heavy atom. The summed E-state index contributed by atoms with van der Waals surface area (Å²) in [6.45, 7) is -0.745. The second-order valence-electron chi connectivity index (χ2n) is 1.78. The van der Waals surface area contributed by atoms with E-state index >= 15 is 0 Å². The Kier molecular flexibility index (Phi) is 1.95. The van der Waals surface area contributed by atoms with Crippen molar-refractivity contribution in [2.45, 2.75) is 4.84 Å². The van der Waals surface area contributed by atoms with Gasteiger partial charge in [-0.05, 0) is 5.87 Å². The standard InChI is InChI=1S/C3H5FO5S2/c1-10(5)3(4)11(6,7)9-2-8-10/h3H,1-2H2. The first-order valence-corrected chi connectivity index (χ1v) is 5.58. The summed E-state index contributed by atoms with van der Waals surface area (Å²) in [6, 6.07) is 0. The molecule has 66 valence electrons. The summed E-state index contributed by atoms with van der Waals surface area (Å²) in [5.41, 5.74) is 0. The molecule has 0 aromatic heterocycles. The van der Waals surface area contributed by atoms with Gasteiger partial charge in [0.2, 0.25) is 0 Å². The van der Waals surface area contributed by atoms with Crippen molar-refractivity contribution in [3.05, 3.63) is 0 Å². The van der Waals surface area contributed by atoms with Crippen LogP contribution >= 0.6 is 0 Å². The molecule has 0 aromatic carbocycles. The van der Waals surface area contributed by atoms with Crippen molar-refractivity contribution < 1.29 is 25.4 Å². The van der Waals surface area contributed by atoms with Gasteiger partial charge in [0.05, 0.1) is 0 Å². The summed E-state index contributed by atoms with van der Waals surface area (Å²) < 4.78 is 52.4. The van der Waals surface area contributed by atoms with Gasteiger partial charge >= 0.3 is 15.0 Å².